The molecule has 0 aliphatic heterocycles. The summed E-state index contributed by atoms with van der Waals surface area (Å²) in [6.07, 6.45) is 2.00. The van der Waals surface area contributed by atoms with Crippen LogP contribution in [0, 0.1) is 0 Å². The molecule has 1 amide bonds. The van der Waals surface area contributed by atoms with Crippen molar-refractivity contribution >= 4 is 27.6 Å². The van der Waals surface area contributed by atoms with Gasteiger partial charge in [0.25, 0.3) is 0 Å². The van der Waals surface area contributed by atoms with Gasteiger partial charge in [-0.1, -0.05) is 48.5 Å². The minimum atomic E-state index is 0.0385. The molecule has 0 radical (unpaired) electrons. The SMILES string of the molecule is COc1ccccc1CN(C)C(=O)Cc1coc2ccc3ccccc3c12. The summed E-state index contributed by atoms with van der Waals surface area (Å²) >= 11 is 0. The first kappa shape index (κ1) is 17.2. The van der Waals surface area contributed by atoms with Crippen molar-refractivity contribution in [3.8, 4) is 5.75 Å². The zero-order chi connectivity index (χ0) is 18.8. The van der Waals surface area contributed by atoms with E-state index in [1.807, 2.05) is 55.6 Å². The van der Waals surface area contributed by atoms with E-state index in [-0.39, 0.29) is 5.91 Å². The first-order valence-electron chi connectivity index (χ1n) is 8.91. The van der Waals surface area contributed by atoms with Crippen molar-refractivity contribution in [3.05, 3.63) is 78.1 Å². The minimum absolute atomic E-state index is 0.0385. The number of likely N-dealkylation sites (N-methyl/N-ethyl adjacent to an activating group) is 1. The van der Waals surface area contributed by atoms with Crippen LogP contribution in [-0.4, -0.2) is 25.0 Å². The van der Waals surface area contributed by atoms with E-state index in [1.165, 1.54) is 0 Å². The van der Waals surface area contributed by atoms with Gasteiger partial charge in [-0.05, 0) is 22.9 Å². The van der Waals surface area contributed by atoms with Crippen LogP contribution < -0.4 is 4.74 Å². The lowest BCUT2D eigenvalue weighted by atomic mass is 10.0. The Bertz CT molecular complexity index is 1110. The lowest BCUT2D eigenvalue weighted by molar-refractivity contribution is -0.129. The molecule has 0 aliphatic rings. The highest BCUT2D eigenvalue weighted by atomic mass is 16.5. The number of carbonyl (C=O) groups excluding carboxylic acids is 1. The molecule has 1 aromatic heterocycles. The van der Waals surface area contributed by atoms with Crippen LogP contribution in [0.2, 0.25) is 0 Å². The van der Waals surface area contributed by atoms with Crippen molar-refractivity contribution in [2.45, 2.75) is 13.0 Å². The summed E-state index contributed by atoms with van der Waals surface area (Å²) in [4.78, 5) is 14.6. The molecule has 0 saturated heterocycles. The number of nitrogens with zero attached hydrogens (tertiary/aromatic N) is 1. The molecule has 0 atom stereocenters. The van der Waals surface area contributed by atoms with Gasteiger partial charge >= 0.3 is 0 Å². The third-order valence-electron chi connectivity index (χ3n) is 4.91. The molecule has 136 valence electrons. The predicted octanol–water partition coefficient (Wildman–Crippen LogP) is 4.80. The monoisotopic (exact) mass is 359 g/mol. The van der Waals surface area contributed by atoms with Crippen molar-refractivity contribution in [2.24, 2.45) is 0 Å². The average Bonchev–Trinajstić information content (AvgIpc) is 3.11. The number of amides is 1. The van der Waals surface area contributed by atoms with Gasteiger partial charge in [0, 0.05) is 30.1 Å². The summed E-state index contributed by atoms with van der Waals surface area (Å²) in [5, 5.41) is 3.27. The quantitative estimate of drug-likeness (QED) is 0.514. The van der Waals surface area contributed by atoms with Gasteiger partial charge in [-0.15, -0.1) is 0 Å². The molecule has 0 aliphatic carbocycles. The standard InChI is InChI=1S/C23H21NO3/c1-24(14-17-8-4-6-10-20(17)26-2)22(25)13-18-15-27-21-12-11-16-7-3-5-9-19(16)23(18)21/h3-12,15H,13-14H2,1-2H3. The van der Waals surface area contributed by atoms with Gasteiger partial charge in [-0.25, -0.2) is 0 Å². The van der Waals surface area contributed by atoms with Crippen molar-refractivity contribution in [1.29, 1.82) is 0 Å². The van der Waals surface area contributed by atoms with Gasteiger partial charge in [-0.3, -0.25) is 4.79 Å². The first-order chi connectivity index (χ1) is 13.2. The largest absolute Gasteiger partial charge is 0.496 e. The molecule has 0 unspecified atom stereocenters. The molecule has 4 rings (SSSR count). The Morgan fingerprint density at radius 2 is 1.78 bits per heavy atom. The number of para-hydroxylation sites is 1. The molecular formula is C23H21NO3. The van der Waals surface area contributed by atoms with E-state index < -0.39 is 0 Å². The van der Waals surface area contributed by atoms with E-state index in [0.717, 1.165) is 38.6 Å². The highest BCUT2D eigenvalue weighted by molar-refractivity contribution is 6.08. The molecule has 4 nitrogen and oxygen atoms in total. The topological polar surface area (TPSA) is 42.7 Å². The second kappa shape index (κ2) is 7.16. The van der Waals surface area contributed by atoms with Gasteiger partial charge in [0.15, 0.2) is 0 Å². The summed E-state index contributed by atoms with van der Waals surface area (Å²) < 4.78 is 11.1. The Balaban J connectivity index is 1.60. The number of furan rings is 1. The second-order valence-electron chi connectivity index (χ2n) is 6.66. The van der Waals surface area contributed by atoms with E-state index >= 15 is 0 Å². The van der Waals surface area contributed by atoms with Crippen molar-refractivity contribution < 1.29 is 13.9 Å². The number of benzene rings is 3. The van der Waals surface area contributed by atoms with Crippen LogP contribution in [-0.2, 0) is 17.8 Å². The molecule has 0 saturated carbocycles. The minimum Gasteiger partial charge on any atom is -0.496 e. The van der Waals surface area contributed by atoms with Crippen LogP contribution in [0.25, 0.3) is 21.7 Å². The van der Waals surface area contributed by atoms with Crippen LogP contribution >= 0.6 is 0 Å². The van der Waals surface area contributed by atoms with E-state index in [4.69, 9.17) is 9.15 Å². The zero-order valence-electron chi connectivity index (χ0n) is 15.4. The maximum Gasteiger partial charge on any atom is 0.227 e. The molecule has 0 bridgehead atoms. The third kappa shape index (κ3) is 3.26. The van der Waals surface area contributed by atoms with Gasteiger partial charge in [0.1, 0.15) is 11.3 Å². The number of carbonyl (C=O) groups is 1. The summed E-state index contributed by atoms with van der Waals surface area (Å²) in [5.74, 6) is 0.827. The number of rotatable bonds is 5. The third-order valence-corrected chi connectivity index (χ3v) is 4.91. The molecule has 3 aromatic carbocycles. The molecule has 4 aromatic rings. The molecule has 0 fully saturated rings. The summed E-state index contributed by atoms with van der Waals surface area (Å²) in [7, 11) is 3.46. The lowest BCUT2D eigenvalue weighted by Crippen LogP contribution is -2.27. The van der Waals surface area contributed by atoms with Gasteiger partial charge in [0.05, 0.1) is 19.8 Å². The summed E-state index contributed by atoms with van der Waals surface area (Å²) in [5.41, 5.74) is 2.71. The predicted molar refractivity (Wildman–Crippen MR) is 107 cm³/mol. The number of hydrogen-bond donors (Lipinski definition) is 0. The van der Waals surface area contributed by atoms with E-state index in [1.54, 1.807) is 18.3 Å². The Kier molecular flexibility index (Phi) is 4.55. The maximum atomic E-state index is 12.8. The number of fused-ring (bicyclic) bond motifs is 3. The van der Waals surface area contributed by atoms with Gasteiger partial charge in [0.2, 0.25) is 5.91 Å². The molecular weight excluding hydrogens is 338 g/mol. The second-order valence-corrected chi connectivity index (χ2v) is 6.66. The van der Waals surface area contributed by atoms with Crippen LogP contribution in [0.3, 0.4) is 0 Å². The molecule has 27 heavy (non-hydrogen) atoms. The molecule has 0 spiro atoms. The Hall–Kier alpha value is -3.27. The number of ether oxygens (including phenoxy) is 1. The van der Waals surface area contributed by atoms with Gasteiger partial charge < -0.3 is 14.1 Å². The zero-order valence-corrected chi connectivity index (χ0v) is 15.4. The van der Waals surface area contributed by atoms with Crippen molar-refractivity contribution in [2.75, 3.05) is 14.2 Å². The molecule has 4 heteroatoms. The van der Waals surface area contributed by atoms with Crippen LogP contribution in [0.15, 0.2) is 71.3 Å². The van der Waals surface area contributed by atoms with Crippen LogP contribution in [0.1, 0.15) is 11.1 Å². The normalized spacial score (nSPS) is 11.0. The van der Waals surface area contributed by atoms with Crippen LogP contribution in [0.5, 0.6) is 5.75 Å². The van der Waals surface area contributed by atoms with Crippen molar-refractivity contribution in [1.82, 2.24) is 4.90 Å². The van der Waals surface area contributed by atoms with Crippen molar-refractivity contribution in [3.63, 3.8) is 0 Å². The summed E-state index contributed by atoms with van der Waals surface area (Å²) in [6, 6.07) is 19.9. The number of methoxy groups -OCH3 is 1. The Morgan fingerprint density at radius 3 is 2.63 bits per heavy atom. The highest BCUT2D eigenvalue weighted by Crippen LogP contribution is 2.30. The fraction of sp³-hybridized carbons (Fsp3) is 0.174. The maximum absolute atomic E-state index is 12.8. The van der Waals surface area contributed by atoms with Crippen LogP contribution in [0.4, 0.5) is 0 Å². The fourth-order valence-electron chi connectivity index (χ4n) is 3.48. The van der Waals surface area contributed by atoms with E-state index in [9.17, 15) is 4.79 Å². The van der Waals surface area contributed by atoms with E-state index in [0.29, 0.717) is 13.0 Å². The van der Waals surface area contributed by atoms with E-state index in [2.05, 4.69) is 12.1 Å². The van der Waals surface area contributed by atoms with Gasteiger partial charge in [-0.2, -0.15) is 0 Å². The number of hydrogen-bond acceptors (Lipinski definition) is 3. The first-order valence-corrected chi connectivity index (χ1v) is 8.91. The summed E-state index contributed by atoms with van der Waals surface area (Å²) in [6.45, 7) is 0.499. The molecule has 0 N–H and O–H groups in total. The fourth-order valence-corrected chi connectivity index (χ4v) is 3.48. The Labute approximate surface area is 158 Å². The average molecular weight is 359 g/mol. The highest BCUT2D eigenvalue weighted by Gasteiger charge is 2.17. The molecule has 1 heterocycles. The Morgan fingerprint density at radius 1 is 1.00 bits per heavy atom. The smallest absolute Gasteiger partial charge is 0.227 e. The lowest BCUT2D eigenvalue weighted by Gasteiger charge is -2.18.